The smallest absolute Gasteiger partial charge is 0.335 e. The summed E-state index contributed by atoms with van der Waals surface area (Å²) in [6.07, 6.45) is -3.19. The Bertz CT molecular complexity index is 928. The lowest BCUT2D eigenvalue weighted by Gasteiger charge is -2.16. The van der Waals surface area contributed by atoms with Gasteiger partial charge in [-0.25, -0.2) is 5.43 Å². The molecule has 0 atom stereocenters. The van der Waals surface area contributed by atoms with E-state index in [1.807, 2.05) is 0 Å². The summed E-state index contributed by atoms with van der Waals surface area (Å²) >= 11 is 0. The van der Waals surface area contributed by atoms with Crippen molar-refractivity contribution in [2.75, 3.05) is 13.1 Å². The summed E-state index contributed by atoms with van der Waals surface area (Å²) < 4.78 is 41.6. The molecule has 1 aromatic carbocycles. The zero-order valence-electron chi connectivity index (χ0n) is 16.7. The number of halogens is 3. The first-order valence-corrected chi connectivity index (χ1v) is 9.09. The van der Waals surface area contributed by atoms with E-state index in [9.17, 15) is 22.8 Å². The average molecular weight is 408 g/mol. The molecule has 0 radical (unpaired) electrons. The van der Waals surface area contributed by atoms with Gasteiger partial charge in [-0.05, 0) is 45.9 Å². The molecule has 1 heterocycles. The third kappa shape index (κ3) is 4.85. The second-order valence-electron chi connectivity index (χ2n) is 6.35. The number of benzene rings is 1. The van der Waals surface area contributed by atoms with Crippen LogP contribution in [0.5, 0.6) is 0 Å². The van der Waals surface area contributed by atoms with Crippen LogP contribution in [0.4, 0.5) is 13.2 Å². The monoisotopic (exact) mass is 408 g/mol. The molecule has 29 heavy (non-hydrogen) atoms. The molecular weight excluding hydrogens is 385 g/mol. The molecule has 0 aliphatic rings. The Balaban J connectivity index is 2.29. The van der Waals surface area contributed by atoms with Crippen LogP contribution >= 0.6 is 0 Å². The first kappa shape index (κ1) is 22.2. The predicted octanol–water partition coefficient (Wildman–Crippen LogP) is 3.43. The summed E-state index contributed by atoms with van der Waals surface area (Å²) in [5.74, 6) is -1.57. The summed E-state index contributed by atoms with van der Waals surface area (Å²) in [4.78, 5) is 25.2. The second-order valence-corrected chi connectivity index (χ2v) is 6.35. The number of likely N-dealkylation sites (N-methyl/N-ethyl adjacent to an activating group) is 1. The highest BCUT2D eigenvalue weighted by molar-refractivity contribution is 6.34. The van der Waals surface area contributed by atoms with Gasteiger partial charge in [0.25, 0.3) is 0 Å². The van der Waals surface area contributed by atoms with Crippen molar-refractivity contribution in [1.29, 1.82) is 0 Å². The van der Waals surface area contributed by atoms with Gasteiger partial charge in [0.1, 0.15) is 0 Å². The highest BCUT2D eigenvalue weighted by Crippen LogP contribution is 2.35. The number of amides is 2. The molecule has 0 saturated heterocycles. The molecule has 0 saturated carbocycles. The van der Waals surface area contributed by atoms with E-state index in [0.29, 0.717) is 30.0 Å². The number of rotatable bonds is 5. The number of alkyl halides is 3. The minimum absolute atomic E-state index is 0.00963. The molecule has 0 spiro atoms. The summed E-state index contributed by atoms with van der Waals surface area (Å²) in [5, 5.41) is 3.79. The maximum absolute atomic E-state index is 13.4. The van der Waals surface area contributed by atoms with Gasteiger partial charge in [-0.1, -0.05) is 12.1 Å². The zero-order valence-corrected chi connectivity index (χ0v) is 16.7. The molecule has 156 valence electrons. The Morgan fingerprint density at radius 2 is 1.79 bits per heavy atom. The van der Waals surface area contributed by atoms with E-state index in [-0.39, 0.29) is 5.69 Å². The van der Waals surface area contributed by atoms with Crippen LogP contribution in [0.1, 0.15) is 36.4 Å². The fraction of sp³-hybridized carbons (Fsp3) is 0.350. The molecule has 1 N–H and O–H groups in total. The number of hydrazone groups is 1. The van der Waals surface area contributed by atoms with E-state index >= 15 is 0 Å². The van der Waals surface area contributed by atoms with Crippen LogP contribution in [0.3, 0.4) is 0 Å². The molecule has 2 aromatic rings. The standard InChI is InChI=1S/C20H23F3N4O2/c1-5-26(6-2)19(29)18(28)25-24-12-15-11-13(3)27(14(15)4)17-10-8-7-9-16(17)20(21,22)23/h7-12H,5-6H2,1-4H3,(H,25,28)/b24-12-. The van der Waals surface area contributed by atoms with Crippen molar-refractivity contribution in [3.8, 4) is 5.69 Å². The van der Waals surface area contributed by atoms with E-state index in [2.05, 4.69) is 10.5 Å². The number of para-hydroxylation sites is 1. The Kier molecular flexibility index (Phi) is 6.84. The van der Waals surface area contributed by atoms with Crippen molar-refractivity contribution in [1.82, 2.24) is 14.9 Å². The number of hydrogen-bond acceptors (Lipinski definition) is 3. The van der Waals surface area contributed by atoms with E-state index in [4.69, 9.17) is 0 Å². The van der Waals surface area contributed by atoms with Crippen molar-refractivity contribution in [2.24, 2.45) is 5.10 Å². The Labute approximate surface area is 167 Å². The number of carbonyl (C=O) groups is 2. The number of carbonyl (C=O) groups excluding carboxylic acids is 2. The van der Waals surface area contributed by atoms with Gasteiger partial charge in [0.2, 0.25) is 0 Å². The minimum Gasteiger partial charge on any atom is -0.335 e. The molecule has 0 unspecified atom stereocenters. The van der Waals surface area contributed by atoms with Gasteiger partial charge in [-0.15, -0.1) is 0 Å². The van der Waals surface area contributed by atoms with Gasteiger partial charge >= 0.3 is 18.0 Å². The summed E-state index contributed by atoms with van der Waals surface area (Å²) in [5.41, 5.74) is 3.04. The number of nitrogens with zero attached hydrogens (tertiary/aromatic N) is 3. The van der Waals surface area contributed by atoms with Crippen LogP contribution < -0.4 is 5.43 Å². The number of aromatic nitrogens is 1. The lowest BCUT2D eigenvalue weighted by atomic mass is 10.1. The van der Waals surface area contributed by atoms with Gasteiger partial charge in [-0.2, -0.15) is 18.3 Å². The molecule has 2 rings (SSSR count). The average Bonchev–Trinajstić information content (AvgIpc) is 2.95. The molecule has 0 aliphatic carbocycles. The number of aryl methyl sites for hydroxylation is 1. The van der Waals surface area contributed by atoms with Gasteiger partial charge in [0, 0.05) is 30.0 Å². The lowest BCUT2D eigenvalue weighted by Crippen LogP contribution is -2.41. The molecule has 1 aromatic heterocycles. The third-order valence-electron chi connectivity index (χ3n) is 4.54. The van der Waals surface area contributed by atoms with Crippen molar-refractivity contribution in [3.05, 3.63) is 52.8 Å². The lowest BCUT2D eigenvalue weighted by molar-refractivity contribution is -0.145. The normalized spacial score (nSPS) is 11.7. The maximum atomic E-state index is 13.4. The topological polar surface area (TPSA) is 66.7 Å². The van der Waals surface area contributed by atoms with Crippen LogP contribution in [0.25, 0.3) is 5.69 Å². The van der Waals surface area contributed by atoms with Crippen LogP contribution in [-0.4, -0.2) is 40.6 Å². The van der Waals surface area contributed by atoms with Crippen molar-refractivity contribution in [2.45, 2.75) is 33.9 Å². The molecular formula is C20H23F3N4O2. The van der Waals surface area contributed by atoms with Gasteiger partial charge in [-0.3, -0.25) is 9.59 Å². The first-order chi connectivity index (χ1) is 13.6. The minimum atomic E-state index is -4.49. The molecule has 0 aliphatic heterocycles. The summed E-state index contributed by atoms with van der Waals surface area (Å²) in [6.45, 7) is 7.64. The van der Waals surface area contributed by atoms with Crippen LogP contribution in [-0.2, 0) is 15.8 Å². The van der Waals surface area contributed by atoms with Crippen LogP contribution in [0, 0.1) is 13.8 Å². The van der Waals surface area contributed by atoms with Gasteiger partial charge in [0.15, 0.2) is 0 Å². The Hall–Kier alpha value is -3.10. The molecule has 0 fully saturated rings. The highest BCUT2D eigenvalue weighted by Gasteiger charge is 2.34. The van der Waals surface area contributed by atoms with Crippen molar-refractivity contribution in [3.63, 3.8) is 0 Å². The molecule has 0 bridgehead atoms. The number of nitrogens with one attached hydrogen (secondary N) is 1. The Morgan fingerprint density at radius 1 is 1.17 bits per heavy atom. The van der Waals surface area contributed by atoms with Crippen LogP contribution in [0.15, 0.2) is 35.4 Å². The number of hydrogen-bond donors (Lipinski definition) is 1. The van der Waals surface area contributed by atoms with Crippen LogP contribution in [0.2, 0.25) is 0 Å². The second kappa shape index (κ2) is 8.93. The quantitative estimate of drug-likeness (QED) is 0.468. The molecule has 2 amide bonds. The van der Waals surface area contributed by atoms with Gasteiger partial charge in [0.05, 0.1) is 17.5 Å². The highest BCUT2D eigenvalue weighted by atomic mass is 19.4. The largest absolute Gasteiger partial charge is 0.418 e. The summed E-state index contributed by atoms with van der Waals surface area (Å²) in [6, 6.07) is 6.96. The maximum Gasteiger partial charge on any atom is 0.418 e. The SMILES string of the molecule is CCN(CC)C(=O)C(=O)N/N=C\c1cc(C)n(-c2ccccc2C(F)(F)F)c1C. The zero-order chi connectivity index (χ0) is 21.8. The van der Waals surface area contributed by atoms with E-state index < -0.39 is 23.6 Å². The van der Waals surface area contributed by atoms with E-state index in [1.165, 1.54) is 33.9 Å². The fourth-order valence-corrected chi connectivity index (χ4v) is 3.06. The van der Waals surface area contributed by atoms with E-state index in [0.717, 1.165) is 6.07 Å². The first-order valence-electron chi connectivity index (χ1n) is 9.09. The fourth-order valence-electron chi connectivity index (χ4n) is 3.06. The third-order valence-corrected chi connectivity index (χ3v) is 4.54. The Morgan fingerprint density at radius 3 is 2.38 bits per heavy atom. The van der Waals surface area contributed by atoms with Crippen molar-refractivity contribution < 1.29 is 22.8 Å². The predicted molar refractivity (Wildman–Crippen MR) is 104 cm³/mol. The van der Waals surface area contributed by atoms with Crippen molar-refractivity contribution >= 4 is 18.0 Å². The van der Waals surface area contributed by atoms with Gasteiger partial charge < -0.3 is 9.47 Å². The van der Waals surface area contributed by atoms with E-state index in [1.54, 1.807) is 33.8 Å². The molecule has 9 heteroatoms. The summed E-state index contributed by atoms with van der Waals surface area (Å²) in [7, 11) is 0. The molecule has 6 nitrogen and oxygen atoms in total.